The van der Waals surface area contributed by atoms with Gasteiger partial charge in [0.15, 0.2) is 6.04 Å². The summed E-state index contributed by atoms with van der Waals surface area (Å²) in [5.41, 5.74) is 0. The number of nitrogens with zero attached hydrogens (tertiary/aromatic N) is 2. The first-order chi connectivity index (χ1) is 3.80. The fourth-order valence-corrected chi connectivity index (χ4v) is 0.567. The molecule has 0 saturated heterocycles. The predicted molar refractivity (Wildman–Crippen MR) is 25.8 cm³/mol. The lowest BCUT2D eigenvalue weighted by Crippen LogP contribution is -2.14. The van der Waals surface area contributed by atoms with E-state index in [-0.39, 0.29) is 0 Å². The van der Waals surface area contributed by atoms with Crippen LogP contribution in [0.2, 0.25) is 0 Å². The molecule has 0 bridgehead atoms. The fourth-order valence-electron chi connectivity index (χ4n) is 0.567. The Balaban J connectivity index is 2.48. The highest BCUT2D eigenvalue weighted by molar-refractivity contribution is 5.73. The minimum atomic E-state index is -0.869. The van der Waals surface area contributed by atoms with Gasteiger partial charge in [-0.2, -0.15) is 10.2 Å². The minimum absolute atomic E-state index is 0.560. The molecule has 8 heavy (non-hydrogen) atoms. The van der Waals surface area contributed by atoms with Crippen LogP contribution in [0.3, 0.4) is 0 Å². The molecule has 4 nitrogen and oxygen atoms in total. The second kappa shape index (κ2) is 1.90. The van der Waals surface area contributed by atoms with Crippen molar-refractivity contribution in [3.8, 4) is 0 Å². The largest absolute Gasteiger partial charge is 0.480 e. The number of carboxylic acids is 1. The molecule has 44 valence electrons. The van der Waals surface area contributed by atoms with E-state index in [9.17, 15) is 4.79 Å². The number of hydrogen-bond donors (Lipinski definition) is 1. The van der Waals surface area contributed by atoms with Gasteiger partial charge in [0.05, 0.1) is 6.54 Å². The molecule has 0 aliphatic carbocycles. The molecule has 1 aliphatic rings. The Labute approximate surface area is 46.2 Å². The third kappa shape index (κ3) is 0.828. The van der Waals surface area contributed by atoms with E-state index in [1.807, 2.05) is 0 Å². The molecule has 4 heteroatoms. The highest BCUT2D eigenvalue weighted by Gasteiger charge is 2.18. The Morgan fingerprint density at radius 2 is 2.50 bits per heavy atom. The van der Waals surface area contributed by atoms with Gasteiger partial charge in [-0.3, -0.25) is 0 Å². The lowest BCUT2D eigenvalue weighted by molar-refractivity contribution is -0.138. The average molecular weight is 114 g/mol. The van der Waals surface area contributed by atoms with E-state index in [2.05, 4.69) is 10.2 Å². The Morgan fingerprint density at radius 3 is 2.75 bits per heavy atom. The summed E-state index contributed by atoms with van der Waals surface area (Å²) in [4.78, 5) is 10.0. The molecule has 0 saturated carbocycles. The number of carboxylic acid groups (broad SMARTS) is 1. The summed E-state index contributed by atoms with van der Waals surface area (Å²) in [5.74, 6) is -0.869. The van der Waals surface area contributed by atoms with Crippen LogP contribution in [0, 0.1) is 0 Å². The average Bonchev–Trinajstić information content (AvgIpc) is 2.12. The SMILES string of the molecule is O=C(O)[C@@H]1CCN=N1. The molecule has 1 atom stereocenters. The predicted octanol–water partition coefficient (Wildman–Crippen LogP) is 0.295. The van der Waals surface area contributed by atoms with E-state index in [1.54, 1.807) is 0 Å². The topological polar surface area (TPSA) is 62.0 Å². The zero-order chi connectivity index (χ0) is 5.98. The Bertz CT molecular complexity index is 132. The van der Waals surface area contributed by atoms with Gasteiger partial charge in [0, 0.05) is 6.42 Å². The van der Waals surface area contributed by atoms with E-state index in [4.69, 9.17) is 5.11 Å². The highest BCUT2D eigenvalue weighted by Crippen LogP contribution is 2.06. The van der Waals surface area contributed by atoms with E-state index >= 15 is 0 Å². The van der Waals surface area contributed by atoms with Crippen molar-refractivity contribution in [3.05, 3.63) is 0 Å². The number of aliphatic carboxylic acids is 1. The summed E-state index contributed by atoms with van der Waals surface area (Å²) in [5, 5.41) is 15.3. The Kier molecular flexibility index (Phi) is 1.24. The van der Waals surface area contributed by atoms with Gasteiger partial charge >= 0.3 is 5.97 Å². The monoisotopic (exact) mass is 114 g/mol. The molecular formula is C4H6N2O2. The summed E-state index contributed by atoms with van der Waals surface area (Å²) in [6.45, 7) is 0.566. The van der Waals surface area contributed by atoms with E-state index in [0.29, 0.717) is 13.0 Å². The second-order valence-electron chi connectivity index (χ2n) is 1.62. The van der Waals surface area contributed by atoms with Crippen molar-refractivity contribution in [2.45, 2.75) is 12.5 Å². The summed E-state index contributed by atoms with van der Waals surface area (Å²) in [6.07, 6.45) is 0.565. The Hall–Kier alpha value is -0.930. The van der Waals surface area contributed by atoms with Gasteiger partial charge in [0.25, 0.3) is 0 Å². The lowest BCUT2D eigenvalue weighted by Gasteiger charge is -1.92. The summed E-state index contributed by atoms with van der Waals surface area (Å²) in [6, 6.07) is -0.560. The van der Waals surface area contributed by atoms with Crippen LogP contribution in [0.4, 0.5) is 0 Å². The van der Waals surface area contributed by atoms with Crippen molar-refractivity contribution in [1.82, 2.24) is 0 Å². The molecule has 0 amide bonds. The molecule has 0 fully saturated rings. The number of azo groups is 1. The van der Waals surface area contributed by atoms with Gasteiger partial charge in [-0.1, -0.05) is 0 Å². The van der Waals surface area contributed by atoms with Crippen LogP contribution in [0.1, 0.15) is 6.42 Å². The normalized spacial score (nSPS) is 26.2. The van der Waals surface area contributed by atoms with Gasteiger partial charge in [0.1, 0.15) is 0 Å². The number of hydrogen-bond acceptors (Lipinski definition) is 3. The molecule has 0 aromatic heterocycles. The minimum Gasteiger partial charge on any atom is -0.480 e. The van der Waals surface area contributed by atoms with Crippen LogP contribution in [-0.4, -0.2) is 23.7 Å². The third-order valence-corrected chi connectivity index (χ3v) is 1.01. The second-order valence-corrected chi connectivity index (χ2v) is 1.62. The molecule has 1 N–H and O–H groups in total. The van der Waals surface area contributed by atoms with E-state index in [0.717, 1.165) is 0 Å². The smallest absolute Gasteiger partial charge is 0.330 e. The van der Waals surface area contributed by atoms with Gasteiger partial charge in [-0.25, -0.2) is 4.79 Å². The van der Waals surface area contributed by atoms with Crippen molar-refractivity contribution in [1.29, 1.82) is 0 Å². The van der Waals surface area contributed by atoms with Crippen LogP contribution in [0.25, 0.3) is 0 Å². The standard InChI is InChI=1S/C4H6N2O2/c7-4(8)3-1-2-5-6-3/h3H,1-2H2,(H,7,8)/t3-/m0/s1. The van der Waals surface area contributed by atoms with Crippen LogP contribution in [0.5, 0.6) is 0 Å². The zero-order valence-corrected chi connectivity index (χ0v) is 4.24. The van der Waals surface area contributed by atoms with E-state index < -0.39 is 12.0 Å². The van der Waals surface area contributed by atoms with Crippen molar-refractivity contribution in [2.75, 3.05) is 6.54 Å². The summed E-state index contributed by atoms with van der Waals surface area (Å²) in [7, 11) is 0. The maximum atomic E-state index is 10.0. The number of carbonyl (C=O) groups is 1. The maximum absolute atomic E-state index is 10.0. The fraction of sp³-hybridized carbons (Fsp3) is 0.750. The first kappa shape index (κ1) is 5.21. The van der Waals surface area contributed by atoms with E-state index in [1.165, 1.54) is 0 Å². The molecule has 1 rings (SSSR count). The van der Waals surface area contributed by atoms with Crippen molar-refractivity contribution >= 4 is 5.97 Å². The van der Waals surface area contributed by atoms with Crippen LogP contribution in [-0.2, 0) is 4.79 Å². The molecule has 0 spiro atoms. The van der Waals surface area contributed by atoms with Crippen LogP contribution in [0.15, 0.2) is 10.2 Å². The van der Waals surface area contributed by atoms with Crippen molar-refractivity contribution in [2.24, 2.45) is 10.2 Å². The molecule has 0 unspecified atom stereocenters. The van der Waals surface area contributed by atoms with Gasteiger partial charge < -0.3 is 5.11 Å². The highest BCUT2D eigenvalue weighted by atomic mass is 16.4. The first-order valence-electron chi connectivity index (χ1n) is 2.40. The summed E-state index contributed by atoms with van der Waals surface area (Å²) < 4.78 is 0. The zero-order valence-electron chi connectivity index (χ0n) is 4.24. The van der Waals surface area contributed by atoms with Crippen LogP contribution < -0.4 is 0 Å². The maximum Gasteiger partial charge on any atom is 0.330 e. The molecule has 1 aliphatic heterocycles. The first-order valence-corrected chi connectivity index (χ1v) is 2.40. The van der Waals surface area contributed by atoms with Crippen molar-refractivity contribution < 1.29 is 9.90 Å². The van der Waals surface area contributed by atoms with Gasteiger partial charge in [-0.15, -0.1) is 0 Å². The molecule has 0 radical (unpaired) electrons. The van der Waals surface area contributed by atoms with Crippen LogP contribution >= 0.6 is 0 Å². The molecule has 0 aromatic carbocycles. The number of rotatable bonds is 1. The van der Waals surface area contributed by atoms with Gasteiger partial charge in [0.2, 0.25) is 0 Å². The molecule has 1 heterocycles. The van der Waals surface area contributed by atoms with Gasteiger partial charge in [-0.05, 0) is 0 Å². The Morgan fingerprint density at radius 1 is 1.75 bits per heavy atom. The lowest BCUT2D eigenvalue weighted by atomic mass is 10.2. The van der Waals surface area contributed by atoms with Crippen molar-refractivity contribution in [3.63, 3.8) is 0 Å². The quantitative estimate of drug-likeness (QED) is 0.532. The summed E-state index contributed by atoms with van der Waals surface area (Å²) >= 11 is 0. The molecular weight excluding hydrogens is 108 g/mol. The third-order valence-electron chi connectivity index (χ3n) is 1.01. The molecule has 0 aromatic rings.